The lowest BCUT2D eigenvalue weighted by atomic mass is 10.2. The summed E-state index contributed by atoms with van der Waals surface area (Å²) >= 11 is 0. The Morgan fingerprint density at radius 2 is 2.00 bits per heavy atom. The monoisotopic (exact) mass is 373 g/mol. The highest BCUT2D eigenvalue weighted by Crippen LogP contribution is 2.20. The first-order valence-electron chi connectivity index (χ1n) is 8.25. The number of benzene rings is 1. The van der Waals surface area contributed by atoms with Crippen LogP contribution in [0.3, 0.4) is 0 Å². The van der Waals surface area contributed by atoms with E-state index in [1.165, 1.54) is 18.4 Å². The van der Waals surface area contributed by atoms with Gasteiger partial charge in [0, 0.05) is 24.4 Å². The molecule has 3 aromatic rings. The number of hydrogen-bond donors (Lipinski definition) is 1. The summed E-state index contributed by atoms with van der Waals surface area (Å²) in [6.07, 6.45) is 1.76. The van der Waals surface area contributed by atoms with Crippen LogP contribution in [0.4, 0.5) is 8.78 Å². The molecule has 1 aromatic carbocycles. The fourth-order valence-corrected chi connectivity index (χ4v) is 2.35. The molecule has 6 nitrogen and oxygen atoms in total. The van der Waals surface area contributed by atoms with Crippen LogP contribution in [0, 0.1) is 18.6 Å². The molecule has 0 spiro atoms. The largest absolute Gasteiger partial charge is 0.481 e. The Bertz CT molecular complexity index is 943. The van der Waals surface area contributed by atoms with E-state index in [1.54, 1.807) is 0 Å². The Labute approximate surface area is 154 Å². The lowest BCUT2D eigenvalue weighted by molar-refractivity contribution is 0.0949. The zero-order chi connectivity index (χ0) is 19.2. The van der Waals surface area contributed by atoms with E-state index in [2.05, 4.69) is 15.3 Å². The molecule has 1 N–H and O–H groups in total. The number of pyridine rings is 1. The maximum Gasteiger partial charge on any atom is 0.273 e. The second-order valence-corrected chi connectivity index (χ2v) is 5.74. The standard InChI is InChI=1S/C19H17F2N3O3/c1-12-4-2-5-13(23-12)8-9-22-19(25)15-10-27-17(24-15)11-26-16-7-3-6-14(20)18(16)21/h2-7,10H,8-9,11H2,1H3,(H,22,25). The van der Waals surface area contributed by atoms with Gasteiger partial charge >= 0.3 is 0 Å². The molecule has 2 heterocycles. The fourth-order valence-electron chi connectivity index (χ4n) is 2.35. The van der Waals surface area contributed by atoms with Crippen molar-refractivity contribution in [2.45, 2.75) is 20.0 Å². The summed E-state index contributed by atoms with van der Waals surface area (Å²) in [5, 5.41) is 2.72. The van der Waals surface area contributed by atoms with Gasteiger partial charge in [0.15, 0.2) is 23.9 Å². The molecule has 0 unspecified atom stereocenters. The molecular weight excluding hydrogens is 356 g/mol. The van der Waals surface area contributed by atoms with Crippen molar-refractivity contribution in [3.05, 3.63) is 77.3 Å². The van der Waals surface area contributed by atoms with Crippen molar-refractivity contribution in [3.63, 3.8) is 0 Å². The number of aromatic nitrogens is 2. The average molecular weight is 373 g/mol. The van der Waals surface area contributed by atoms with Gasteiger partial charge in [-0.05, 0) is 31.2 Å². The molecule has 0 saturated carbocycles. The Hall–Kier alpha value is -3.29. The van der Waals surface area contributed by atoms with Crippen molar-refractivity contribution in [3.8, 4) is 5.75 Å². The highest BCUT2D eigenvalue weighted by Gasteiger charge is 2.14. The number of hydrogen-bond acceptors (Lipinski definition) is 5. The molecule has 0 aliphatic rings. The van der Waals surface area contributed by atoms with Crippen molar-refractivity contribution in [1.82, 2.24) is 15.3 Å². The van der Waals surface area contributed by atoms with Gasteiger partial charge in [-0.25, -0.2) is 9.37 Å². The highest BCUT2D eigenvalue weighted by molar-refractivity contribution is 5.91. The number of halogens is 2. The van der Waals surface area contributed by atoms with E-state index in [0.717, 1.165) is 17.5 Å². The smallest absolute Gasteiger partial charge is 0.273 e. The number of carbonyl (C=O) groups is 1. The van der Waals surface area contributed by atoms with Gasteiger partial charge in [-0.1, -0.05) is 12.1 Å². The maximum atomic E-state index is 13.5. The SMILES string of the molecule is Cc1cccc(CCNC(=O)c2coc(COc3cccc(F)c3F)n2)n1. The third kappa shape index (κ3) is 4.87. The van der Waals surface area contributed by atoms with E-state index in [0.29, 0.717) is 13.0 Å². The Balaban J connectivity index is 1.50. The van der Waals surface area contributed by atoms with Crippen LogP contribution in [0.15, 0.2) is 47.1 Å². The number of rotatable bonds is 7. The summed E-state index contributed by atoms with van der Waals surface area (Å²) in [6.45, 7) is 2.06. The second-order valence-electron chi connectivity index (χ2n) is 5.74. The van der Waals surface area contributed by atoms with Gasteiger partial charge in [0.25, 0.3) is 5.91 Å². The van der Waals surface area contributed by atoms with Crippen molar-refractivity contribution in [1.29, 1.82) is 0 Å². The second kappa shape index (κ2) is 8.39. The lowest BCUT2D eigenvalue weighted by Gasteiger charge is -2.05. The molecule has 0 aliphatic heterocycles. The fraction of sp³-hybridized carbons (Fsp3) is 0.211. The van der Waals surface area contributed by atoms with E-state index in [4.69, 9.17) is 9.15 Å². The van der Waals surface area contributed by atoms with Crippen LogP contribution in [-0.4, -0.2) is 22.4 Å². The van der Waals surface area contributed by atoms with Crippen LogP contribution < -0.4 is 10.1 Å². The minimum absolute atomic E-state index is 0.0733. The van der Waals surface area contributed by atoms with Gasteiger partial charge in [0.05, 0.1) is 0 Å². The predicted octanol–water partition coefficient (Wildman–Crippen LogP) is 3.21. The first-order valence-corrected chi connectivity index (χ1v) is 8.25. The molecular formula is C19H17F2N3O3. The molecule has 140 valence electrons. The minimum Gasteiger partial charge on any atom is -0.481 e. The number of nitrogens with zero attached hydrogens (tertiary/aromatic N) is 2. The van der Waals surface area contributed by atoms with Crippen LogP contribution >= 0.6 is 0 Å². The topological polar surface area (TPSA) is 77.2 Å². The molecule has 8 heteroatoms. The first-order chi connectivity index (χ1) is 13.0. The average Bonchev–Trinajstić information content (AvgIpc) is 3.12. The number of oxazole rings is 1. The van der Waals surface area contributed by atoms with Gasteiger partial charge in [-0.3, -0.25) is 9.78 Å². The van der Waals surface area contributed by atoms with Crippen molar-refractivity contribution >= 4 is 5.91 Å². The molecule has 3 rings (SSSR count). The normalized spacial score (nSPS) is 10.6. The third-order valence-electron chi connectivity index (χ3n) is 3.66. The van der Waals surface area contributed by atoms with Crippen LogP contribution in [0.1, 0.15) is 27.8 Å². The third-order valence-corrected chi connectivity index (χ3v) is 3.66. The maximum absolute atomic E-state index is 13.5. The van der Waals surface area contributed by atoms with Crippen molar-refractivity contribution in [2.24, 2.45) is 0 Å². The molecule has 0 aliphatic carbocycles. The number of ether oxygens (including phenoxy) is 1. The van der Waals surface area contributed by atoms with Crippen LogP contribution in [0.5, 0.6) is 5.75 Å². The Morgan fingerprint density at radius 3 is 2.81 bits per heavy atom. The molecule has 1 amide bonds. The molecule has 0 fully saturated rings. The number of nitrogens with one attached hydrogen (secondary N) is 1. The van der Waals surface area contributed by atoms with Gasteiger partial charge in [0.2, 0.25) is 11.7 Å². The van der Waals surface area contributed by atoms with Gasteiger partial charge < -0.3 is 14.5 Å². The van der Waals surface area contributed by atoms with E-state index >= 15 is 0 Å². The molecule has 0 radical (unpaired) electrons. The summed E-state index contributed by atoms with van der Waals surface area (Å²) in [5.74, 6) is -2.70. The van der Waals surface area contributed by atoms with E-state index < -0.39 is 17.5 Å². The lowest BCUT2D eigenvalue weighted by Crippen LogP contribution is -2.26. The predicted molar refractivity (Wildman–Crippen MR) is 92.2 cm³/mol. The van der Waals surface area contributed by atoms with Crippen LogP contribution in [0.25, 0.3) is 0 Å². The quantitative estimate of drug-likeness (QED) is 0.688. The number of carbonyl (C=O) groups excluding carboxylic acids is 1. The Morgan fingerprint density at radius 1 is 1.19 bits per heavy atom. The van der Waals surface area contributed by atoms with Crippen molar-refractivity contribution < 1.29 is 22.7 Å². The first kappa shape index (κ1) is 18.5. The van der Waals surface area contributed by atoms with Crippen molar-refractivity contribution in [2.75, 3.05) is 6.54 Å². The summed E-state index contributed by atoms with van der Waals surface area (Å²) in [5.41, 5.74) is 1.86. The molecule has 0 saturated heterocycles. The number of aryl methyl sites for hydroxylation is 1. The summed E-state index contributed by atoms with van der Waals surface area (Å²) in [7, 11) is 0. The summed E-state index contributed by atoms with van der Waals surface area (Å²) in [6, 6.07) is 9.29. The van der Waals surface area contributed by atoms with Gasteiger partial charge in [-0.2, -0.15) is 4.39 Å². The molecule has 0 atom stereocenters. The Kier molecular flexibility index (Phi) is 5.75. The van der Waals surface area contributed by atoms with E-state index in [9.17, 15) is 13.6 Å². The van der Waals surface area contributed by atoms with E-state index in [1.807, 2.05) is 25.1 Å². The number of amides is 1. The highest BCUT2D eigenvalue weighted by atomic mass is 19.2. The zero-order valence-corrected chi connectivity index (χ0v) is 14.5. The summed E-state index contributed by atoms with van der Waals surface area (Å²) in [4.78, 5) is 20.4. The van der Waals surface area contributed by atoms with Crippen LogP contribution in [-0.2, 0) is 13.0 Å². The molecule has 0 bridgehead atoms. The summed E-state index contributed by atoms with van der Waals surface area (Å²) < 4.78 is 36.9. The van der Waals surface area contributed by atoms with E-state index in [-0.39, 0.29) is 23.9 Å². The van der Waals surface area contributed by atoms with Gasteiger partial charge in [-0.15, -0.1) is 0 Å². The van der Waals surface area contributed by atoms with Gasteiger partial charge in [0.1, 0.15) is 6.26 Å². The molecule has 2 aromatic heterocycles. The minimum atomic E-state index is -1.09. The van der Waals surface area contributed by atoms with Crippen LogP contribution in [0.2, 0.25) is 0 Å². The zero-order valence-electron chi connectivity index (χ0n) is 14.5. The molecule has 27 heavy (non-hydrogen) atoms.